The monoisotopic (exact) mass is 188 g/mol. The fourth-order valence-corrected chi connectivity index (χ4v) is 2.40. The highest BCUT2D eigenvalue weighted by Gasteiger charge is 2.16. The molecule has 0 nitrogen and oxygen atoms in total. The normalized spacial score (nSPS) is 11.0. The standard InChI is InChI=1S/C12H16Si/c1-6-11-9-12(13(3,4)5)8-7-10(11)2/h1,7-9H,2-5H3. The summed E-state index contributed by atoms with van der Waals surface area (Å²) in [4.78, 5) is 0. The zero-order valence-electron chi connectivity index (χ0n) is 8.81. The number of hydrogen-bond donors (Lipinski definition) is 0. The van der Waals surface area contributed by atoms with Gasteiger partial charge in [0, 0.05) is 5.56 Å². The SMILES string of the molecule is C#Cc1cc([Si](C)(C)C)ccc1C. The van der Waals surface area contributed by atoms with Crippen LogP contribution in [0.4, 0.5) is 0 Å². The average molecular weight is 188 g/mol. The highest BCUT2D eigenvalue weighted by molar-refractivity contribution is 6.88. The van der Waals surface area contributed by atoms with Gasteiger partial charge < -0.3 is 0 Å². The van der Waals surface area contributed by atoms with E-state index in [1.807, 2.05) is 0 Å². The topological polar surface area (TPSA) is 0 Å². The van der Waals surface area contributed by atoms with Crippen LogP contribution in [-0.2, 0) is 0 Å². The van der Waals surface area contributed by atoms with Crippen molar-refractivity contribution in [2.75, 3.05) is 0 Å². The largest absolute Gasteiger partial charge is 0.115 e. The molecule has 1 aromatic rings. The van der Waals surface area contributed by atoms with Gasteiger partial charge >= 0.3 is 0 Å². The molecule has 68 valence electrons. The van der Waals surface area contributed by atoms with E-state index in [0.29, 0.717) is 0 Å². The van der Waals surface area contributed by atoms with Gasteiger partial charge in [-0.15, -0.1) is 6.42 Å². The number of rotatable bonds is 1. The minimum Gasteiger partial charge on any atom is -0.115 e. The summed E-state index contributed by atoms with van der Waals surface area (Å²) in [7, 11) is -1.20. The van der Waals surface area contributed by atoms with E-state index in [0.717, 1.165) is 5.56 Å². The minimum atomic E-state index is -1.20. The average Bonchev–Trinajstić information content (AvgIpc) is 2.03. The third kappa shape index (κ3) is 2.23. The van der Waals surface area contributed by atoms with Gasteiger partial charge in [-0.1, -0.05) is 42.9 Å². The van der Waals surface area contributed by atoms with Gasteiger partial charge in [0.25, 0.3) is 0 Å². The van der Waals surface area contributed by atoms with Crippen molar-refractivity contribution >= 4 is 13.3 Å². The van der Waals surface area contributed by atoms with Crippen molar-refractivity contribution in [3.63, 3.8) is 0 Å². The molecule has 0 aromatic heterocycles. The van der Waals surface area contributed by atoms with E-state index < -0.39 is 8.07 Å². The molecule has 13 heavy (non-hydrogen) atoms. The van der Waals surface area contributed by atoms with Crippen LogP contribution in [0.1, 0.15) is 11.1 Å². The first kappa shape index (κ1) is 10.1. The number of aryl methyl sites for hydroxylation is 1. The summed E-state index contributed by atoms with van der Waals surface area (Å²) < 4.78 is 0. The number of terminal acetylenes is 1. The van der Waals surface area contributed by atoms with Crippen LogP contribution in [0, 0.1) is 19.3 Å². The van der Waals surface area contributed by atoms with E-state index in [9.17, 15) is 0 Å². The van der Waals surface area contributed by atoms with Gasteiger partial charge in [0.2, 0.25) is 0 Å². The van der Waals surface area contributed by atoms with Crippen LogP contribution in [0.3, 0.4) is 0 Å². The van der Waals surface area contributed by atoms with Gasteiger partial charge in [0.05, 0.1) is 8.07 Å². The fraction of sp³-hybridized carbons (Fsp3) is 0.333. The molecule has 0 aliphatic rings. The number of benzene rings is 1. The third-order valence-electron chi connectivity index (χ3n) is 2.26. The summed E-state index contributed by atoms with van der Waals surface area (Å²) in [5.74, 6) is 2.73. The molecule has 0 aliphatic carbocycles. The first-order chi connectivity index (χ1) is 5.95. The van der Waals surface area contributed by atoms with Crippen molar-refractivity contribution in [2.45, 2.75) is 26.6 Å². The lowest BCUT2D eigenvalue weighted by Gasteiger charge is -2.17. The Bertz CT molecular complexity index is 350. The highest BCUT2D eigenvalue weighted by atomic mass is 28.3. The summed E-state index contributed by atoms with van der Waals surface area (Å²) in [5.41, 5.74) is 2.24. The third-order valence-corrected chi connectivity index (χ3v) is 4.30. The molecule has 0 bridgehead atoms. The maximum Gasteiger partial charge on any atom is 0.0776 e. The van der Waals surface area contributed by atoms with E-state index >= 15 is 0 Å². The molecular formula is C12H16Si. The second-order valence-corrected chi connectivity index (χ2v) is 9.50. The van der Waals surface area contributed by atoms with Crippen molar-refractivity contribution in [3.8, 4) is 12.3 Å². The maximum atomic E-state index is 5.43. The van der Waals surface area contributed by atoms with E-state index in [-0.39, 0.29) is 0 Å². The predicted molar refractivity (Wildman–Crippen MR) is 62.1 cm³/mol. The Hall–Kier alpha value is -1.00. The maximum absolute atomic E-state index is 5.43. The van der Waals surface area contributed by atoms with Crippen molar-refractivity contribution in [1.29, 1.82) is 0 Å². The molecule has 0 saturated carbocycles. The van der Waals surface area contributed by atoms with Crippen molar-refractivity contribution in [3.05, 3.63) is 29.3 Å². The molecule has 0 radical (unpaired) electrons. The second-order valence-electron chi connectivity index (χ2n) is 4.42. The van der Waals surface area contributed by atoms with Crippen LogP contribution in [0.25, 0.3) is 0 Å². The molecule has 1 heteroatoms. The molecule has 0 saturated heterocycles. The van der Waals surface area contributed by atoms with Gasteiger partial charge in [0.15, 0.2) is 0 Å². The first-order valence-electron chi connectivity index (χ1n) is 4.53. The Morgan fingerprint density at radius 3 is 2.31 bits per heavy atom. The summed E-state index contributed by atoms with van der Waals surface area (Å²) in [5, 5.41) is 1.44. The van der Waals surface area contributed by atoms with E-state index in [2.05, 4.69) is 50.7 Å². The molecule has 0 atom stereocenters. The smallest absolute Gasteiger partial charge is 0.0776 e. The molecule has 0 aliphatic heterocycles. The molecule has 0 N–H and O–H groups in total. The summed E-state index contributed by atoms with van der Waals surface area (Å²) in [6, 6.07) is 6.51. The highest BCUT2D eigenvalue weighted by Crippen LogP contribution is 2.08. The quantitative estimate of drug-likeness (QED) is 0.469. The lowest BCUT2D eigenvalue weighted by Crippen LogP contribution is -2.37. The number of hydrogen-bond acceptors (Lipinski definition) is 0. The Morgan fingerprint density at radius 1 is 1.23 bits per heavy atom. The Kier molecular flexibility index (Phi) is 2.63. The molecule has 0 heterocycles. The second kappa shape index (κ2) is 3.39. The molecule has 0 amide bonds. The van der Waals surface area contributed by atoms with E-state index in [1.54, 1.807) is 0 Å². The molecular weight excluding hydrogens is 172 g/mol. The Labute approximate surface area is 82.0 Å². The van der Waals surface area contributed by atoms with Crippen molar-refractivity contribution < 1.29 is 0 Å². The first-order valence-corrected chi connectivity index (χ1v) is 8.03. The lowest BCUT2D eigenvalue weighted by atomic mass is 10.1. The van der Waals surface area contributed by atoms with Crippen LogP contribution < -0.4 is 5.19 Å². The predicted octanol–water partition coefficient (Wildman–Crippen LogP) is 2.52. The fourth-order valence-electron chi connectivity index (χ4n) is 1.24. The molecule has 0 unspecified atom stereocenters. The van der Waals surface area contributed by atoms with Crippen LogP contribution in [0.2, 0.25) is 19.6 Å². The van der Waals surface area contributed by atoms with Crippen LogP contribution in [-0.4, -0.2) is 8.07 Å². The molecule has 0 fully saturated rings. The van der Waals surface area contributed by atoms with Crippen molar-refractivity contribution in [1.82, 2.24) is 0 Å². The summed E-state index contributed by atoms with van der Waals surface area (Å²) in [6.07, 6.45) is 5.43. The van der Waals surface area contributed by atoms with E-state index in [4.69, 9.17) is 6.42 Å². The van der Waals surface area contributed by atoms with Crippen LogP contribution in [0.15, 0.2) is 18.2 Å². The molecule has 1 rings (SSSR count). The molecule has 0 spiro atoms. The van der Waals surface area contributed by atoms with E-state index in [1.165, 1.54) is 10.8 Å². The zero-order valence-corrected chi connectivity index (χ0v) is 9.81. The van der Waals surface area contributed by atoms with Gasteiger partial charge in [-0.25, -0.2) is 0 Å². The van der Waals surface area contributed by atoms with Gasteiger partial charge in [-0.2, -0.15) is 0 Å². The van der Waals surface area contributed by atoms with Gasteiger partial charge in [-0.3, -0.25) is 0 Å². The van der Waals surface area contributed by atoms with Gasteiger partial charge in [-0.05, 0) is 18.6 Å². The Balaban J connectivity index is 3.24. The van der Waals surface area contributed by atoms with Crippen molar-refractivity contribution in [2.24, 2.45) is 0 Å². The van der Waals surface area contributed by atoms with Crippen LogP contribution in [0.5, 0.6) is 0 Å². The Morgan fingerprint density at radius 2 is 1.85 bits per heavy atom. The minimum absolute atomic E-state index is 1.04. The van der Waals surface area contributed by atoms with Crippen LogP contribution >= 0.6 is 0 Å². The van der Waals surface area contributed by atoms with Gasteiger partial charge in [0.1, 0.15) is 0 Å². The summed E-state index contributed by atoms with van der Waals surface area (Å²) >= 11 is 0. The molecule has 1 aromatic carbocycles. The zero-order chi connectivity index (χ0) is 10.1. The lowest BCUT2D eigenvalue weighted by molar-refractivity contribution is 1.44. The summed E-state index contributed by atoms with van der Waals surface area (Å²) in [6.45, 7) is 9.05.